The van der Waals surface area contributed by atoms with E-state index in [1.54, 1.807) is 11.3 Å². The number of hydrogen-bond donors (Lipinski definition) is 1. The second-order valence-corrected chi connectivity index (χ2v) is 9.78. The van der Waals surface area contributed by atoms with Crippen LogP contribution in [0.4, 0.5) is 5.00 Å². The number of carbonyl (C=O) groups excluding carboxylic acids is 1. The average Bonchev–Trinajstić information content (AvgIpc) is 3.10. The third-order valence-electron chi connectivity index (χ3n) is 6.19. The Labute approximate surface area is 194 Å². The van der Waals surface area contributed by atoms with Crippen LogP contribution in [0, 0.1) is 0 Å². The largest absolute Gasteiger partial charge is 0.465 e. The minimum absolute atomic E-state index is 0.254. The molecule has 0 bridgehead atoms. The minimum atomic E-state index is -0.254. The van der Waals surface area contributed by atoms with Crippen LogP contribution in [-0.4, -0.2) is 54.2 Å². The number of benzene rings is 1. The number of thiocarbonyl (C=S) groups is 1. The Morgan fingerprint density at radius 2 is 1.77 bits per heavy atom. The van der Waals surface area contributed by atoms with Gasteiger partial charge in [-0.15, -0.1) is 11.3 Å². The van der Waals surface area contributed by atoms with Crippen molar-refractivity contribution >= 4 is 39.6 Å². The number of piperazine rings is 1. The summed E-state index contributed by atoms with van der Waals surface area (Å²) in [5, 5.41) is 4.98. The molecule has 166 valence electrons. The normalized spacial score (nSPS) is 17.4. The number of aryl methyl sites for hydroxylation is 1. The Kier molecular flexibility index (Phi) is 7.58. The summed E-state index contributed by atoms with van der Waals surface area (Å²) >= 11 is 7.44. The molecule has 2 heterocycles. The standard InChI is InChI=1S/C24H31N3O2S2/c1-29-23(28)21-19-11-7-2-3-8-12-20(19)31-22(21)25-24(30)27-15-13-26(14-16-27)17-18-9-5-4-6-10-18/h4-6,9-10H,2-3,7-8,11-17H2,1H3,(H,25,30). The van der Waals surface area contributed by atoms with E-state index in [0.29, 0.717) is 10.7 Å². The van der Waals surface area contributed by atoms with Crippen LogP contribution < -0.4 is 5.32 Å². The van der Waals surface area contributed by atoms with Crippen LogP contribution in [-0.2, 0) is 24.1 Å². The number of rotatable bonds is 4. The lowest BCUT2D eigenvalue weighted by Crippen LogP contribution is -2.49. The van der Waals surface area contributed by atoms with Gasteiger partial charge in [0.05, 0.1) is 12.7 Å². The van der Waals surface area contributed by atoms with Crippen LogP contribution in [0.15, 0.2) is 30.3 Å². The van der Waals surface area contributed by atoms with E-state index in [0.717, 1.165) is 57.0 Å². The first-order valence-corrected chi connectivity index (χ1v) is 12.4. The average molecular weight is 458 g/mol. The summed E-state index contributed by atoms with van der Waals surface area (Å²) in [6, 6.07) is 10.6. The van der Waals surface area contributed by atoms with Crippen LogP contribution in [0.25, 0.3) is 0 Å². The molecule has 1 saturated heterocycles. The first-order chi connectivity index (χ1) is 15.2. The SMILES string of the molecule is COC(=O)c1c(NC(=S)N2CCN(Cc3ccccc3)CC2)sc2c1CCCCCC2. The molecular weight excluding hydrogens is 426 g/mol. The Morgan fingerprint density at radius 1 is 1.06 bits per heavy atom. The van der Waals surface area contributed by atoms with E-state index in [2.05, 4.69) is 45.4 Å². The maximum atomic E-state index is 12.6. The van der Waals surface area contributed by atoms with E-state index in [1.165, 1.54) is 42.4 Å². The predicted octanol–water partition coefficient (Wildman–Crippen LogP) is 4.71. The molecule has 7 heteroatoms. The number of nitrogens with one attached hydrogen (secondary N) is 1. The van der Waals surface area contributed by atoms with Crippen molar-refractivity contribution in [3.05, 3.63) is 51.9 Å². The molecule has 2 aliphatic rings. The van der Waals surface area contributed by atoms with Gasteiger partial charge in [0.15, 0.2) is 5.11 Å². The van der Waals surface area contributed by atoms with Crippen molar-refractivity contribution in [2.45, 2.75) is 45.1 Å². The van der Waals surface area contributed by atoms with Crippen LogP contribution in [0.5, 0.6) is 0 Å². The van der Waals surface area contributed by atoms with E-state index in [9.17, 15) is 4.79 Å². The van der Waals surface area contributed by atoms with Gasteiger partial charge < -0.3 is 15.0 Å². The number of carbonyl (C=O) groups is 1. The van der Waals surface area contributed by atoms with E-state index in [4.69, 9.17) is 17.0 Å². The number of fused-ring (bicyclic) bond motifs is 1. The van der Waals surface area contributed by atoms with Crippen molar-refractivity contribution in [2.75, 3.05) is 38.6 Å². The molecule has 0 saturated carbocycles. The Hall–Kier alpha value is -1.96. The monoisotopic (exact) mass is 457 g/mol. The highest BCUT2D eigenvalue weighted by atomic mass is 32.1. The molecule has 5 nitrogen and oxygen atoms in total. The van der Waals surface area contributed by atoms with Gasteiger partial charge in [0.25, 0.3) is 0 Å². The smallest absolute Gasteiger partial charge is 0.341 e. The number of nitrogens with zero attached hydrogens (tertiary/aromatic N) is 2. The zero-order chi connectivity index (χ0) is 21.6. The molecule has 0 amide bonds. The summed E-state index contributed by atoms with van der Waals surface area (Å²) in [7, 11) is 1.46. The molecule has 4 rings (SSSR count). The number of ether oxygens (including phenoxy) is 1. The second-order valence-electron chi connectivity index (χ2n) is 8.29. The van der Waals surface area contributed by atoms with Crippen molar-refractivity contribution < 1.29 is 9.53 Å². The summed E-state index contributed by atoms with van der Waals surface area (Å²) in [5.74, 6) is -0.254. The molecule has 0 radical (unpaired) electrons. The molecule has 1 fully saturated rings. The first-order valence-electron chi connectivity index (χ1n) is 11.2. The van der Waals surface area contributed by atoms with Crippen molar-refractivity contribution in [1.29, 1.82) is 0 Å². The Balaban J connectivity index is 1.41. The van der Waals surface area contributed by atoms with Gasteiger partial charge in [-0.1, -0.05) is 43.2 Å². The van der Waals surface area contributed by atoms with Gasteiger partial charge in [0.2, 0.25) is 0 Å². The molecule has 0 unspecified atom stereocenters. The molecule has 0 atom stereocenters. The topological polar surface area (TPSA) is 44.8 Å². The highest BCUT2D eigenvalue weighted by Gasteiger charge is 2.27. The zero-order valence-corrected chi connectivity index (χ0v) is 19.8. The van der Waals surface area contributed by atoms with Crippen LogP contribution in [0.3, 0.4) is 0 Å². The van der Waals surface area contributed by atoms with Gasteiger partial charge >= 0.3 is 5.97 Å². The fraction of sp³-hybridized carbons (Fsp3) is 0.500. The second kappa shape index (κ2) is 10.6. The van der Waals surface area contributed by atoms with Gasteiger partial charge in [-0.25, -0.2) is 4.79 Å². The fourth-order valence-electron chi connectivity index (χ4n) is 4.45. The lowest BCUT2D eigenvalue weighted by atomic mass is 9.96. The quantitative estimate of drug-likeness (QED) is 0.530. The Bertz CT molecular complexity index is 905. The van der Waals surface area contributed by atoms with Crippen molar-refractivity contribution in [1.82, 2.24) is 9.80 Å². The molecular formula is C24H31N3O2S2. The molecule has 1 aliphatic heterocycles. The van der Waals surface area contributed by atoms with Crippen LogP contribution in [0.2, 0.25) is 0 Å². The van der Waals surface area contributed by atoms with Crippen LogP contribution in [0.1, 0.15) is 52.0 Å². The summed E-state index contributed by atoms with van der Waals surface area (Å²) in [6.07, 6.45) is 6.78. The number of methoxy groups -OCH3 is 1. The molecule has 0 spiro atoms. The van der Waals surface area contributed by atoms with Gasteiger partial charge in [0, 0.05) is 37.6 Å². The van der Waals surface area contributed by atoms with Crippen LogP contribution >= 0.6 is 23.6 Å². The highest BCUT2D eigenvalue weighted by molar-refractivity contribution is 7.80. The number of hydrogen-bond acceptors (Lipinski definition) is 5. The van der Waals surface area contributed by atoms with Gasteiger partial charge in [-0.05, 0) is 49.0 Å². The van der Waals surface area contributed by atoms with Crippen molar-refractivity contribution in [3.63, 3.8) is 0 Å². The minimum Gasteiger partial charge on any atom is -0.465 e. The molecule has 2 aromatic rings. The summed E-state index contributed by atoms with van der Waals surface area (Å²) in [4.78, 5) is 18.6. The third-order valence-corrected chi connectivity index (χ3v) is 7.76. The van der Waals surface area contributed by atoms with Crippen molar-refractivity contribution in [2.24, 2.45) is 0 Å². The van der Waals surface area contributed by atoms with E-state index >= 15 is 0 Å². The molecule has 1 aromatic carbocycles. The van der Waals surface area contributed by atoms with E-state index in [1.807, 2.05) is 0 Å². The maximum absolute atomic E-state index is 12.6. The molecule has 1 aliphatic carbocycles. The molecule has 1 N–H and O–H groups in total. The summed E-state index contributed by atoms with van der Waals surface area (Å²) in [6.45, 7) is 4.69. The predicted molar refractivity (Wildman–Crippen MR) is 131 cm³/mol. The number of anilines is 1. The summed E-state index contributed by atoms with van der Waals surface area (Å²) < 4.78 is 5.14. The van der Waals surface area contributed by atoms with Gasteiger partial charge in [-0.3, -0.25) is 4.90 Å². The zero-order valence-electron chi connectivity index (χ0n) is 18.2. The van der Waals surface area contributed by atoms with Gasteiger partial charge in [-0.2, -0.15) is 0 Å². The Morgan fingerprint density at radius 3 is 2.48 bits per heavy atom. The summed E-state index contributed by atoms with van der Waals surface area (Å²) in [5.41, 5.74) is 3.22. The van der Waals surface area contributed by atoms with E-state index in [-0.39, 0.29) is 5.97 Å². The number of thiophene rings is 1. The molecule has 31 heavy (non-hydrogen) atoms. The highest BCUT2D eigenvalue weighted by Crippen LogP contribution is 2.37. The first kappa shape index (κ1) is 22.2. The van der Waals surface area contributed by atoms with Crippen molar-refractivity contribution in [3.8, 4) is 0 Å². The van der Waals surface area contributed by atoms with Gasteiger partial charge in [0.1, 0.15) is 5.00 Å². The number of esters is 1. The maximum Gasteiger partial charge on any atom is 0.341 e. The lowest BCUT2D eigenvalue weighted by molar-refractivity contribution is 0.0601. The lowest BCUT2D eigenvalue weighted by Gasteiger charge is -2.36. The van der Waals surface area contributed by atoms with E-state index < -0.39 is 0 Å². The third kappa shape index (κ3) is 5.45. The fourth-order valence-corrected chi connectivity index (χ4v) is 6.08. The molecule has 1 aromatic heterocycles.